The van der Waals surface area contributed by atoms with Crippen LogP contribution in [0.15, 0.2) is 60.2 Å². The Labute approximate surface area is 194 Å². The lowest BCUT2D eigenvalue weighted by Gasteiger charge is -2.29. The molecule has 3 amide bonds. The normalized spacial score (nSPS) is 18.1. The number of imide groups is 1. The van der Waals surface area contributed by atoms with Crippen LogP contribution in [0, 0.1) is 18.3 Å². The van der Waals surface area contributed by atoms with Crippen LogP contribution in [-0.4, -0.2) is 35.2 Å². The SMILES string of the molecule is Cc1ccccc1C(=O)N(CCC1=CCCCC1)C1CC(=O)N(c2ccc(C#N)cc2)C1=O. The molecule has 1 saturated heterocycles. The summed E-state index contributed by atoms with van der Waals surface area (Å²) in [6.45, 7) is 2.27. The number of hydrogen-bond donors (Lipinski definition) is 0. The molecule has 0 aromatic heterocycles. The maximum atomic E-state index is 13.6. The Morgan fingerprint density at radius 2 is 1.88 bits per heavy atom. The predicted molar refractivity (Wildman–Crippen MR) is 125 cm³/mol. The van der Waals surface area contributed by atoms with E-state index in [2.05, 4.69) is 6.08 Å². The minimum atomic E-state index is -0.843. The van der Waals surface area contributed by atoms with Gasteiger partial charge in [-0.15, -0.1) is 0 Å². The molecular weight excluding hydrogens is 414 g/mol. The average Bonchev–Trinajstić information content (AvgIpc) is 3.13. The zero-order valence-corrected chi connectivity index (χ0v) is 18.8. The Balaban J connectivity index is 1.62. The zero-order chi connectivity index (χ0) is 23.4. The second-order valence-corrected chi connectivity index (χ2v) is 8.62. The Hall–Kier alpha value is -3.72. The van der Waals surface area contributed by atoms with Crippen molar-refractivity contribution < 1.29 is 14.4 Å². The van der Waals surface area contributed by atoms with Crippen LogP contribution >= 0.6 is 0 Å². The van der Waals surface area contributed by atoms with Gasteiger partial charge in [0.05, 0.1) is 23.7 Å². The fourth-order valence-corrected chi connectivity index (χ4v) is 4.58. The van der Waals surface area contributed by atoms with Gasteiger partial charge in [0.2, 0.25) is 5.91 Å². The third-order valence-electron chi connectivity index (χ3n) is 6.45. The van der Waals surface area contributed by atoms with Gasteiger partial charge >= 0.3 is 0 Å². The topological polar surface area (TPSA) is 81.5 Å². The molecule has 0 spiro atoms. The minimum absolute atomic E-state index is 0.0461. The van der Waals surface area contributed by atoms with Gasteiger partial charge < -0.3 is 4.90 Å². The van der Waals surface area contributed by atoms with E-state index >= 15 is 0 Å². The molecule has 6 nitrogen and oxygen atoms in total. The molecule has 2 aliphatic rings. The Morgan fingerprint density at radius 3 is 2.55 bits per heavy atom. The molecule has 2 aromatic rings. The zero-order valence-electron chi connectivity index (χ0n) is 18.8. The van der Waals surface area contributed by atoms with Crippen molar-refractivity contribution in [2.24, 2.45) is 0 Å². The molecule has 1 aliphatic carbocycles. The van der Waals surface area contributed by atoms with E-state index in [1.165, 1.54) is 12.0 Å². The summed E-state index contributed by atoms with van der Waals surface area (Å²) in [5.41, 5.74) is 3.57. The van der Waals surface area contributed by atoms with Crippen molar-refractivity contribution in [1.82, 2.24) is 4.90 Å². The number of rotatable bonds is 6. The van der Waals surface area contributed by atoms with Crippen molar-refractivity contribution in [3.8, 4) is 6.07 Å². The van der Waals surface area contributed by atoms with Crippen molar-refractivity contribution in [3.63, 3.8) is 0 Å². The second-order valence-electron chi connectivity index (χ2n) is 8.62. The van der Waals surface area contributed by atoms with E-state index in [9.17, 15) is 14.4 Å². The third-order valence-corrected chi connectivity index (χ3v) is 6.45. The lowest BCUT2D eigenvalue weighted by molar-refractivity contribution is -0.122. The summed E-state index contributed by atoms with van der Waals surface area (Å²) >= 11 is 0. The Kier molecular flexibility index (Phi) is 6.69. The molecule has 1 heterocycles. The highest BCUT2D eigenvalue weighted by Gasteiger charge is 2.44. The highest BCUT2D eigenvalue weighted by atomic mass is 16.2. The van der Waals surface area contributed by atoms with E-state index in [1.807, 2.05) is 31.2 Å². The fraction of sp³-hybridized carbons (Fsp3) is 0.333. The maximum absolute atomic E-state index is 13.6. The summed E-state index contributed by atoms with van der Waals surface area (Å²) in [5.74, 6) is -0.962. The number of benzene rings is 2. The summed E-state index contributed by atoms with van der Waals surface area (Å²) in [4.78, 5) is 42.6. The number of nitriles is 1. The van der Waals surface area contributed by atoms with Gasteiger partial charge in [0.15, 0.2) is 0 Å². The van der Waals surface area contributed by atoms with Crippen molar-refractivity contribution in [1.29, 1.82) is 5.26 Å². The Bertz CT molecular complexity index is 1140. The standard InChI is InChI=1S/C27H27N3O3/c1-19-7-5-6-10-23(19)26(32)29(16-15-20-8-3-2-4-9-20)24-17-25(31)30(27(24)33)22-13-11-21(18-28)12-14-22/h5-8,10-14,24H,2-4,9,15-17H2,1H3. The van der Waals surface area contributed by atoms with Crippen LogP contribution in [0.1, 0.15) is 60.0 Å². The summed E-state index contributed by atoms with van der Waals surface area (Å²) in [6, 6.07) is 14.9. The van der Waals surface area contributed by atoms with Crippen LogP contribution in [-0.2, 0) is 9.59 Å². The summed E-state index contributed by atoms with van der Waals surface area (Å²) < 4.78 is 0. The van der Waals surface area contributed by atoms with Crippen LogP contribution in [0.5, 0.6) is 0 Å². The van der Waals surface area contributed by atoms with Gasteiger partial charge in [0.1, 0.15) is 6.04 Å². The molecule has 168 valence electrons. The van der Waals surface area contributed by atoms with E-state index in [4.69, 9.17) is 5.26 Å². The highest BCUT2D eigenvalue weighted by molar-refractivity contribution is 6.23. The van der Waals surface area contributed by atoms with Crippen LogP contribution in [0.25, 0.3) is 0 Å². The molecule has 1 unspecified atom stereocenters. The number of hydrogen-bond acceptors (Lipinski definition) is 4. The highest BCUT2D eigenvalue weighted by Crippen LogP contribution is 2.29. The summed E-state index contributed by atoms with van der Waals surface area (Å²) in [6.07, 6.45) is 7.29. The first-order chi connectivity index (χ1) is 16.0. The van der Waals surface area contributed by atoms with Crippen molar-refractivity contribution >= 4 is 23.4 Å². The van der Waals surface area contributed by atoms with E-state index in [-0.39, 0.29) is 18.2 Å². The largest absolute Gasteiger partial charge is 0.326 e. The van der Waals surface area contributed by atoms with Crippen molar-refractivity contribution in [3.05, 3.63) is 76.9 Å². The van der Waals surface area contributed by atoms with E-state index in [1.54, 1.807) is 35.2 Å². The number of carbonyl (C=O) groups is 3. The van der Waals surface area contributed by atoms with E-state index in [0.29, 0.717) is 29.8 Å². The number of anilines is 1. The first-order valence-corrected chi connectivity index (χ1v) is 11.4. The van der Waals surface area contributed by atoms with Gasteiger partial charge in [-0.2, -0.15) is 5.26 Å². The number of amides is 3. The summed E-state index contributed by atoms with van der Waals surface area (Å²) in [5, 5.41) is 9.02. The Morgan fingerprint density at radius 1 is 1.12 bits per heavy atom. The molecule has 0 bridgehead atoms. The van der Waals surface area contributed by atoms with Gasteiger partial charge in [-0.1, -0.05) is 29.8 Å². The number of aryl methyl sites for hydroxylation is 1. The van der Waals surface area contributed by atoms with Crippen molar-refractivity contribution in [2.45, 2.75) is 51.5 Å². The average molecular weight is 442 g/mol. The monoisotopic (exact) mass is 441 g/mol. The van der Waals surface area contributed by atoms with Crippen LogP contribution < -0.4 is 4.90 Å². The fourth-order valence-electron chi connectivity index (χ4n) is 4.58. The molecule has 2 aromatic carbocycles. The number of allylic oxidation sites excluding steroid dienone is 1. The second kappa shape index (κ2) is 9.83. The van der Waals surface area contributed by atoms with E-state index < -0.39 is 11.9 Å². The quantitative estimate of drug-likeness (QED) is 0.487. The molecule has 33 heavy (non-hydrogen) atoms. The van der Waals surface area contributed by atoms with Gasteiger partial charge in [0.25, 0.3) is 11.8 Å². The first-order valence-electron chi connectivity index (χ1n) is 11.4. The molecule has 1 fully saturated rings. The molecule has 6 heteroatoms. The van der Waals surface area contributed by atoms with Gasteiger partial charge in [-0.25, -0.2) is 4.90 Å². The van der Waals surface area contributed by atoms with Crippen LogP contribution in [0.4, 0.5) is 5.69 Å². The molecule has 0 radical (unpaired) electrons. The predicted octanol–water partition coefficient (Wildman–Crippen LogP) is 4.53. The lowest BCUT2D eigenvalue weighted by Crippen LogP contribution is -2.46. The van der Waals surface area contributed by atoms with Crippen LogP contribution in [0.3, 0.4) is 0 Å². The molecule has 1 aliphatic heterocycles. The molecule has 0 N–H and O–H groups in total. The lowest BCUT2D eigenvalue weighted by atomic mass is 9.96. The van der Waals surface area contributed by atoms with Crippen LogP contribution in [0.2, 0.25) is 0 Å². The maximum Gasteiger partial charge on any atom is 0.257 e. The van der Waals surface area contributed by atoms with Gasteiger partial charge in [0, 0.05) is 12.1 Å². The third kappa shape index (κ3) is 4.73. The van der Waals surface area contributed by atoms with Crippen molar-refractivity contribution in [2.75, 3.05) is 11.4 Å². The first kappa shape index (κ1) is 22.5. The molecule has 1 atom stereocenters. The van der Waals surface area contributed by atoms with Gasteiger partial charge in [-0.05, 0) is 74.9 Å². The summed E-state index contributed by atoms with van der Waals surface area (Å²) in [7, 11) is 0. The smallest absolute Gasteiger partial charge is 0.257 e. The molecule has 0 saturated carbocycles. The number of nitrogens with zero attached hydrogens (tertiary/aromatic N) is 3. The molecule has 4 rings (SSSR count). The van der Waals surface area contributed by atoms with Gasteiger partial charge in [-0.3, -0.25) is 14.4 Å². The minimum Gasteiger partial charge on any atom is -0.326 e. The number of carbonyl (C=O) groups excluding carboxylic acids is 3. The van der Waals surface area contributed by atoms with E-state index in [0.717, 1.165) is 29.7 Å². The molecular formula is C27H27N3O3.